The van der Waals surface area contributed by atoms with Crippen LogP contribution in [-0.2, 0) is 21.4 Å². The molecule has 3 aromatic rings. The van der Waals surface area contributed by atoms with Crippen molar-refractivity contribution in [3.63, 3.8) is 0 Å². The summed E-state index contributed by atoms with van der Waals surface area (Å²) in [6.45, 7) is 2.33. The molecule has 0 spiro atoms. The number of hydrogen-bond acceptors (Lipinski definition) is 5. The number of carbonyl (C=O) groups excluding carboxylic acids is 1. The second kappa shape index (κ2) is 9.11. The number of alkyl halides is 2. The molecule has 166 valence electrons. The van der Waals surface area contributed by atoms with Crippen molar-refractivity contribution in [2.45, 2.75) is 38.8 Å². The number of esters is 1. The number of hydrogen-bond donors (Lipinski definition) is 0. The summed E-state index contributed by atoms with van der Waals surface area (Å²) >= 11 is 0. The summed E-state index contributed by atoms with van der Waals surface area (Å²) in [5.74, 6) is -0.934. The van der Waals surface area contributed by atoms with Crippen LogP contribution in [0.5, 0.6) is 0 Å². The van der Waals surface area contributed by atoms with Crippen molar-refractivity contribution in [3.05, 3.63) is 59.4 Å². The average Bonchev–Trinajstić information content (AvgIpc) is 3.11. The highest BCUT2D eigenvalue weighted by atomic mass is 32.2. The van der Waals surface area contributed by atoms with Crippen molar-refractivity contribution >= 4 is 27.0 Å². The number of fused-ring (bicyclic) bond motifs is 1. The molecule has 0 amide bonds. The molecule has 0 bridgehead atoms. The number of carbonyl (C=O) groups is 1. The van der Waals surface area contributed by atoms with Crippen LogP contribution >= 0.6 is 0 Å². The van der Waals surface area contributed by atoms with Crippen LogP contribution in [0, 0.1) is 6.92 Å². The van der Waals surface area contributed by atoms with Crippen molar-refractivity contribution in [3.8, 4) is 0 Å². The van der Waals surface area contributed by atoms with E-state index in [9.17, 15) is 22.0 Å². The third-order valence-corrected chi connectivity index (χ3v) is 7.14. The van der Waals surface area contributed by atoms with Crippen molar-refractivity contribution in [2.75, 3.05) is 13.1 Å². The summed E-state index contributed by atoms with van der Waals surface area (Å²) in [5, 5.41) is 0. The molecule has 0 unspecified atom stereocenters. The van der Waals surface area contributed by atoms with Gasteiger partial charge in [0.25, 0.3) is 0 Å². The maximum atomic E-state index is 13.5. The van der Waals surface area contributed by atoms with Gasteiger partial charge in [0.05, 0.1) is 21.5 Å². The first-order chi connectivity index (χ1) is 14.7. The molecule has 0 N–H and O–H groups in total. The Morgan fingerprint density at radius 1 is 1.16 bits per heavy atom. The fourth-order valence-electron chi connectivity index (χ4n) is 3.33. The number of aryl methyl sites for hydroxylation is 1. The number of sulfonamides is 1. The quantitative estimate of drug-likeness (QED) is 0.481. The molecule has 2 aromatic carbocycles. The predicted molar refractivity (Wildman–Crippen MR) is 111 cm³/mol. The Balaban J connectivity index is 1.87. The van der Waals surface area contributed by atoms with Gasteiger partial charge in [-0.1, -0.05) is 32.0 Å². The molecular weight excluding hydrogens is 428 g/mol. The zero-order chi connectivity index (χ0) is 22.8. The zero-order valence-corrected chi connectivity index (χ0v) is 18.2. The molecule has 0 aliphatic rings. The fourth-order valence-corrected chi connectivity index (χ4v) is 5.04. The number of nitrogens with zero attached hydrogens (tertiary/aromatic N) is 3. The highest BCUT2D eigenvalue weighted by Crippen LogP contribution is 2.25. The minimum Gasteiger partial charge on any atom is -0.454 e. The summed E-state index contributed by atoms with van der Waals surface area (Å²) in [7, 11) is -3.78. The smallest absolute Gasteiger partial charge is 0.338 e. The Kier molecular flexibility index (Phi) is 6.71. The van der Waals surface area contributed by atoms with Gasteiger partial charge in [-0.2, -0.15) is 13.1 Å². The van der Waals surface area contributed by atoms with Gasteiger partial charge >= 0.3 is 12.5 Å². The van der Waals surface area contributed by atoms with E-state index in [2.05, 4.69) is 4.98 Å². The van der Waals surface area contributed by atoms with Crippen LogP contribution in [-0.4, -0.2) is 41.3 Å². The van der Waals surface area contributed by atoms with Gasteiger partial charge in [0, 0.05) is 13.1 Å². The number of rotatable bonds is 8. The summed E-state index contributed by atoms with van der Waals surface area (Å²) in [4.78, 5) is 16.7. The first-order valence-corrected chi connectivity index (χ1v) is 11.2. The lowest BCUT2D eigenvalue weighted by atomic mass is 10.1. The van der Waals surface area contributed by atoms with E-state index in [1.54, 1.807) is 39.0 Å². The zero-order valence-electron chi connectivity index (χ0n) is 17.4. The molecule has 0 atom stereocenters. The standard InChI is InChI=1S/C21H23F2N3O4S/c1-4-25(5-2)31(28,29)18-12-15(11-10-14(18)3)20(27)30-13-19-24-16-8-6-7-9-17(16)26(19)21(22)23/h6-12,21H,4-5,13H2,1-3H3. The molecule has 0 aliphatic carbocycles. The van der Waals surface area contributed by atoms with Crippen LogP contribution in [0.1, 0.15) is 42.1 Å². The van der Waals surface area contributed by atoms with Crippen molar-refractivity contribution in [2.24, 2.45) is 0 Å². The summed E-state index contributed by atoms with van der Waals surface area (Å²) < 4.78 is 60.0. The van der Waals surface area contributed by atoms with Gasteiger partial charge in [0.1, 0.15) is 6.61 Å². The van der Waals surface area contributed by atoms with Crippen LogP contribution in [0.2, 0.25) is 0 Å². The highest BCUT2D eigenvalue weighted by Gasteiger charge is 2.25. The first kappa shape index (κ1) is 22.8. The summed E-state index contributed by atoms with van der Waals surface area (Å²) in [6, 6.07) is 10.6. The van der Waals surface area contributed by atoms with Crippen molar-refractivity contribution in [1.29, 1.82) is 0 Å². The number of aromatic nitrogens is 2. The van der Waals surface area contributed by atoms with Gasteiger partial charge in [-0.05, 0) is 36.8 Å². The Bertz CT molecular complexity index is 1200. The largest absolute Gasteiger partial charge is 0.454 e. The molecular formula is C21H23F2N3O4S. The van der Waals surface area contributed by atoms with Gasteiger partial charge in [0.2, 0.25) is 10.0 Å². The third-order valence-electron chi connectivity index (χ3n) is 4.94. The molecule has 0 fully saturated rings. The van der Waals surface area contributed by atoms with E-state index >= 15 is 0 Å². The highest BCUT2D eigenvalue weighted by molar-refractivity contribution is 7.89. The van der Waals surface area contributed by atoms with Crippen LogP contribution in [0.15, 0.2) is 47.4 Å². The van der Waals surface area contributed by atoms with Gasteiger partial charge in [-0.15, -0.1) is 0 Å². The monoisotopic (exact) mass is 451 g/mol. The summed E-state index contributed by atoms with van der Waals surface area (Å²) in [5.41, 5.74) is 1.09. The Labute approximate surface area is 179 Å². The Morgan fingerprint density at radius 3 is 2.48 bits per heavy atom. The van der Waals surface area contributed by atoms with E-state index in [-0.39, 0.29) is 34.9 Å². The second-order valence-corrected chi connectivity index (χ2v) is 8.72. The molecule has 3 rings (SSSR count). The van der Waals surface area contributed by atoms with Crippen LogP contribution in [0.3, 0.4) is 0 Å². The lowest BCUT2D eigenvalue weighted by Gasteiger charge is -2.20. The maximum absolute atomic E-state index is 13.5. The van der Waals surface area contributed by atoms with E-state index in [1.165, 1.54) is 28.6 Å². The molecule has 0 aliphatic heterocycles. The molecule has 1 heterocycles. The lowest BCUT2D eigenvalue weighted by molar-refractivity contribution is 0.0387. The SMILES string of the molecule is CCN(CC)S(=O)(=O)c1cc(C(=O)OCc2nc3ccccc3n2C(F)F)ccc1C. The number of para-hydroxylation sites is 2. The van der Waals surface area contributed by atoms with Gasteiger partial charge in [-0.25, -0.2) is 18.2 Å². The number of benzene rings is 2. The van der Waals surface area contributed by atoms with E-state index in [0.29, 0.717) is 15.6 Å². The average molecular weight is 451 g/mol. The van der Waals surface area contributed by atoms with Crippen LogP contribution in [0.25, 0.3) is 11.0 Å². The van der Waals surface area contributed by atoms with Crippen LogP contribution in [0.4, 0.5) is 8.78 Å². The molecule has 31 heavy (non-hydrogen) atoms. The first-order valence-electron chi connectivity index (χ1n) is 9.72. The molecule has 0 radical (unpaired) electrons. The number of halogens is 2. The predicted octanol–water partition coefficient (Wildman–Crippen LogP) is 4.13. The molecule has 0 saturated carbocycles. The number of imidazole rings is 1. The van der Waals surface area contributed by atoms with E-state index < -0.39 is 29.1 Å². The van der Waals surface area contributed by atoms with Crippen molar-refractivity contribution < 1.29 is 26.7 Å². The fraction of sp³-hybridized carbons (Fsp3) is 0.333. The Morgan fingerprint density at radius 2 is 1.84 bits per heavy atom. The van der Waals surface area contributed by atoms with Crippen molar-refractivity contribution in [1.82, 2.24) is 13.9 Å². The van der Waals surface area contributed by atoms with Gasteiger partial charge in [0.15, 0.2) is 5.82 Å². The minimum atomic E-state index is -3.78. The van der Waals surface area contributed by atoms with Gasteiger partial charge < -0.3 is 4.74 Å². The normalized spacial score (nSPS) is 12.1. The summed E-state index contributed by atoms with van der Waals surface area (Å²) in [6.07, 6.45) is 0. The topological polar surface area (TPSA) is 81.5 Å². The Hall–Kier alpha value is -2.85. The van der Waals surface area contributed by atoms with E-state index in [4.69, 9.17) is 4.74 Å². The second-order valence-electron chi connectivity index (χ2n) is 6.81. The molecule has 1 aromatic heterocycles. The minimum absolute atomic E-state index is 0.00506. The molecule has 10 heteroatoms. The molecule has 0 saturated heterocycles. The van der Waals surface area contributed by atoms with E-state index in [0.717, 1.165) is 0 Å². The molecule has 7 nitrogen and oxygen atoms in total. The van der Waals surface area contributed by atoms with E-state index in [1.807, 2.05) is 0 Å². The van der Waals surface area contributed by atoms with Gasteiger partial charge in [-0.3, -0.25) is 4.57 Å². The third kappa shape index (κ3) is 4.45. The van der Waals surface area contributed by atoms with Crippen LogP contribution < -0.4 is 0 Å². The maximum Gasteiger partial charge on any atom is 0.338 e. The number of ether oxygens (including phenoxy) is 1. The lowest BCUT2D eigenvalue weighted by Crippen LogP contribution is -2.31.